The summed E-state index contributed by atoms with van der Waals surface area (Å²) in [5.41, 5.74) is 1.18. The van der Waals surface area contributed by atoms with Crippen LogP contribution in [0.1, 0.15) is 84.0 Å². The number of likely N-dealkylation sites (tertiary alicyclic amines) is 1. The molecular weight excluding hydrogens is 434 g/mol. The lowest BCUT2D eigenvalue weighted by molar-refractivity contribution is -0.144. The van der Waals surface area contributed by atoms with E-state index >= 15 is 0 Å². The van der Waals surface area contributed by atoms with Gasteiger partial charge in [0.2, 0.25) is 11.8 Å². The maximum Gasteiger partial charge on any atom is 0.248 e. The van der Waals surface area contributed by atoms with Gasteiger partial charge < -0.3 is 15.3 Å². The third kappa shape index (κ3) is 5.16. The van der Waals surface area contributed by atoms with Crippen molar-refractivity contribution in [2.24, 2.45) is 5.41 Å². The van der Waals surface area contributed by atoms with Gasteiger partial charge in [0.15, 0.2) is 0 Å². The van der Waals surface area contributed by atoms with Crippen LogP contribution in [-0.2, 0) is 21.7 Å². The molecule has 0 spiro atoms. The van der Waals surface area contributed by atoms with Crippen LogP contribution in [-0.4, -0.2) is 65.3 Å². The van der Waals surface area contributed by atoms with E-state index in [1.54, 1.807) is 10.9 Å². The summed E-state index contributed by atoms with van der Waals surface area (Å²) in [6.45, 7) is 12.5. The van der Waals surface area contributed by atoms with Crippen LogP contribution in [0.3, 0.4) is 0 Å². The molecule has 0 radical (unpaired) electrons. The van der Waals surface area contributed by atoms with Crippen molar-refractivity contribution in [3.8, 4) is 0 Å². The Labute approximate surface area is 200 Å². The van der Waals surface area contributed by atoms with Gasteiger partial charge in [-0.15, -0.1) is 5.10 Å². The summed E-state index contributed by atoms with van der Waals surface area (Å²) in [7, 11) is 0. The van der Waals surface area contributed by atoms with E-state index in [-0.39, 0.29) is 30.3 Å². The van der Waals surface area contributed by atoms with Crippen LogP contribution in [0.4, 0.5) is 0 Å². The highest BCUT2D eigenvalue weighted by molar-refractivity contribution is 5.90. The van der Waals surface area contributed by atoms with Gasteiger partial charge in [0, 0.05) is 43.4 Å². The number of carbonyl (C=O) groups excluding carboxylic acids is 2. The summed E-state index contributed by atoms with van der Waals surface area (Å²) in [6, 6.07) is -1.37. The number of aliphatic hydroxyl groups excluding tert-OH is 1. The molecule has 2 amide bonds. The van der Waals surface area contributed by atoms with Crippen molar-refractivity contribution in [3.05, 3.63) is 29.8 Å². The minimum Gasteiger partial charge on any atom is -0.391 e. The fourth-order valence-electron chi connectivity index (χ4n) is 4.45. The highest BCUT2D eigenvalue weighted by Gasteiger charge is 2.45. The second kappa shape index (κ2) is 8.79. The molecule has 10 nitrogen and oxygen atoms in total. The Kier molecular flexibility index (Phi) is 6.30. The van der Waals surface area contributed by atoms with Crippen molar-refractivity contribution >= 4 is 11.8 Å². The fourth-order valence-corrected chi connectivity index (χ4v) is 4.45. The van der Waals surface area contributed by atoms with Crippen molar-refractivity contribution in [3.63, 3.8) is 0 Å². The zero-order valence-corrected chi connectivity index (χ0v) is 21.0. The Morgan fingerprint density at radius 3 is 2.47 bits per heavy atom. The lowest BCUT2D eigenvalue weighted by Gasteiger charge is -2.34. The molecule has 2 fully saturated rings. The third-order valence-corrected chi connectivity index (χ3v) is 6.50. The topological polar surface area (TPSA) is 118 Å². The first-order chi connectivity index (χ1) is 15.8. The zero-order valence-electron chi connectivity index (χ0n) is 21.0. The maximum absolute atomic E-state index is 13.8. The van der Waals surface area contributed by atoms with Crippen molar-refractivity contribution in [1.82, 2.24) is 35.0 Å². The van der Waals surface area contributed by atoms with Crippen molar-refractivity contribution in [2.45, 2.75) is 97.0 Å². The Hall–Kier alpha value is -2.75. The minimum absolute atomic E-state index is 0.121. The van der Waals surface area contributed by atoms with E-state index in [0.717, 1.165) is 24.1 Å². The molecule has 1 aliphatic heterocycles. The van der Waals surface area contributed by atoms with E-state index < -0.39 is 23.6 Å². The molecular formula is C24H37N7O3. The molecule has 3 atom stereocenters. The van der Waals surface area contributed by atoms with Crippen molar-refractivity contribution in [1.29, 1.82) is 0 Å². The molecule has 2 aromatic rings. The van der Waals surface area contributed by atoms with Crippen molar-refractivity contribution < 1.29 is 14.7 Å². The molecule has 34 heavy (non-hydrogen) atoms. The molecule has 2 aliphatic rings. The number of hydrogen-bond donors (Lipinski definition) is 2. The molecule has 2 aromatic heterocycles. The lowest BCUT2D eigenvalue weighted by atomic mass is 9.85. The number of rotatable bonds is 6. The zero-order chi connectivity index (χ0) is 24.8. The molecule has 1 saturated heterocycles. The highest BCUT2D eigenvalue weighted by Crippen LogP contribution is 2.40. The molecule has 2 N–H and O–H groups in total. The average molecular weight is 472 g/mol. The predicted molar refractivity (Wildman–Crippen MR) is 126 cm³/mol. The van der Waals surface area contributed by atoms with E-state index in [4.69, 9.17) is 0 Å². The molecule has 10 heteroatoms. The van der Waals surface area contributed by atoms with E-state index in [1.165, 1.54) is 4.90 Å². The number of aromatic nitrogens is 5. The van der Waals surface area contributed by atoms with Gasteiger partial charge in [0.05, 0.1) is 23.5 Å². The summed E-state index contributed by atoms with van der Waals surface area (Å²) >= 11 is 0. The van der Waals surface area contributed by atoms with Crippen molar-refractivity contribution in [2.75, 3.05) is 6.54 Å². The molecule has 1 aliphatic carbocycles. The summed E-state index contributed by atoms with van der Waals surface area (Å²) in [5, 5.41) is 26.2. The number of amides is 2. The minimum atomic E-state index is -0.748. The Balaban J connectivity index is 1.48. The van der Waals surface area contributed by atoms with Crippen LogP contribution in [0.15, 0.2) is 18.6 Å². The van der Waals surface area contributed by atoms with E-state index in [0.29, 0.717) is 12.5 Å². The third-order valence-electron chi connectivity index (χ3n) is 6.50. The largest absolute Gasteiger partial charge is 0.391 e. The summed E-state index contributed by atoms with van der Waals surface area (Å²) < 4.78 is 3.49. The molecule has 186 valence electrons. The monoisotopic (exact) mass is 471 g/mol. The molecule has 3 heterocycles. The van der Waals surface area contributed by atoms with Crippen LogP contribution in [0, 0.1) is 5.41 Å². The van der Waals surface area contributed by atoms with Gasteiger partial charge in [0.1, 0.15) is 12.1 Å². The molecule has 1 saturated carbocycles. The second-order valence-electron chi connectivity index (χ2n) is 11.7. The SMILES string of the molecule is CC(C)(C)[C@@H](C(=O)N1C[C@H](O)C[C@H]1C(=O)NCc1cnn(C(C)(C)C)c1)n1cc(C2CC2)nn1. The second-order valence-corrected chi connectivity index (χ2v) is 11.7. The Bertz CT molecular complexity index is 1040. The number of nitrogens with one attached hydrogen (secondary N) is 1. The van der Waals surface area contributed by atoms with Crippen LogP contribution in [0.25, 0.3) is 0 Å². The highest BCUT2D eigenvalue weighted by atomic mass is 16.3. The molecule has 0 unspecified atom stereocenters. The summed E-state index contributed by atoms with van der Waals surface area (Å²) in [4.78, 5) is 28.4. The number of carbonyl (C=O) groups is 2. The van der Waals surface area contributed by atoms with Crippen LogP contribution in [0.2, 0.25) is 0 Å². The Morgan fingerprint density at radius 2 is 1.88 bits per heavy atom. The van der Waals surface area contributed by atoms with Gasteiger partial charge >= 0.3 is 0 Å². The number of β-amino-alcohol motifs (C(OH)–C–C–N with tert-alkyl or cyclic N) is 1. The van der Waals surface area contributed by atoms with Crippen LogP contribution < -0.4 is 5.32 Å². The predicted octanol–water partition coefficient (Wildman–Crippen LogP) is 1.97. The molecule has 0 bridgehead atoms. The maximum atomic E-state index is 13.8. The molecule has 0 aromatic carbocycles. The van der Waals surface area contributed by atoms with Gasteiger partial charge in [-0.3, -0.25) is 14.3 Å². The molecule has 4 rings (SSSR count). The van der Waals surface area contributed by atoms with E-state index in [2.05, 4.69) is 41.5 Å². The summed E-state index contributed by atoms with van der Waals surface area (Å²) in [6.07, 6.45) is 7.16. The van der Waals surface area contributed by atoms with Crippen LogP contribution >= 0.6 is 0 Å². The average Bonchev–Trinajstić information content (AvgIpc) is 3.13. The smallest absolute Gasteiger partial charge is 0.248 e. The quantitative estimate of drug-likeness (QED) is 0.665. The van der Waals surface area contributed by atoms with Gasteiger partial charge in [-0.25, -0.2) is 4.68 Å². The first-order valence-corrected chi connectivity index (χ1v) is 12.1. The number of nitrogens with zero attached hydrogens (tertiary/aromatic N) is 6. The Morgan fingerprint density at radius 1 is 1.18 bits per heavy atom. The van der Waals surface area contributed by atoms with E-state index in [1.807, 2.05) is 37.8 Å². The normalized spacial score (nSPS) is 22.1. The van der Waals surface area contributed by atoms with Crippen LogP contribution in [0.5, 0.6) is 0 Å². The number of hydrogen-bond acceptors (Lipinski definition) is 6. The lowest BCUT2D eigenvalue weighted by Crippen LogP contribution is -2.50. The fraction of sp³-hybridized carbons (Fsp3) is 0.708. The first kappa shape index (κ1) is 24.4. The first-order valence-electron chi connectivity index (χ1n) is 12.1. The van der Waals surface area contributed by atoms with Gasteiger partial charge in [0.25, 0.3) is 0 Å². The van der Waals surface area contributed by atoms with Gasteiger partial charge in [-0.1, -0.05) is 26.0 Å². The van der Waals surface area contributed by atoms with Gasteiger partial charge in [-0.2, -0.15) is 5.10 Å². The standard InChI is InChI=1S/C24H37N7O3/c1-23(2,3)20(30-14-18(27-28-30)16-7-8-16)22(34)29-13-17(32)9-19(29)21(33)25-10-15-11-26-31(12-15)24(4,5)6/h11-12,14,16-17,19-20,32H,7-10,13H2,1-6H3,(H,25,33)/t17-,19+,20-/m1/s1. The van der Waals surface area contributed by atoms with E-state index in [9.17, 15) is 14.7 Å². The number of aliphatic hydroxyl groups is 1. The summed E-state index contributed by atoms with van der Waals surface area (Å²) in [5.74, 6) is -0.0745. The van der Waals surface area contributed by atoms with Gasteiger partial charge in [-0.05, 0) is 39.0 Å².